The fraction of sp³-hybridized carbons (Fsp3) is 0.133. The molecule has 108 valence electrons. The van der Waals surface area contributed by atoms with E-state index in [1.54, 1.807) is 10.6 Å². The molecule has 0 radical (unpaired) electrons. The largest absolute Gasteiger partial charge is 0.369 e. The van der Waals surface area contributed by atoms with Gasteiger partial charge in [-0.3, -0.25) is 0 Å². The van der Waals surface area contributed by atoms with Crippen LogP contribution in [0.1, 0.15) is 18.5 Å². The molecule has 0 fully saturated rings. The standard InChI is InChI=1S/C15H12BrClFN3/c1-8(9-4-2-3-5-11(9)17)21-14-7-12(18)10(16)6-13(14)20-15(21)19/h2-8H,1H3,(H2,19,20). The van der Waals surface area contributed by atoms with Crippen molar-refractivity contribution < 1.29 is 4.39 Å². The molecule has 0 amide bonds. The summed E-state index contributed by atoms with van der Waals surface area (Å²) >= 11 is 9.40. The SMILES string of the molecule is CC(c1ccccc1Cl)n1c(N)nc2cc(Br)c(F)cc21. The van der Waals surface area contributed by atoms with Crippen LogP contribution in [0, 0.1) is 5.82 Å². The van der Waals surface area contributed by atoms with Gasteiger partial charge in [-0.1, -0.05) is 29.8 Å². The summed E-state index contributed by atoms with van der Waals surface area (Å²) in [6.07, 6.45) is 0. The maximum absolute atomic E-state index is 13.8. The number of hydrogen-bond acceptors (Lipinski definition) is 2. The summed E-state index contributed by atoms with van der Waals surface area (Å²) in [5.41, 5.74) is 8.20. The molecular weight excluding hydrogens is 357 g/mol. The van der Waals surface area contributed by atoms with Gasteiger partial charge >= 0.3 is 0 Å². The molecule has 3 aromatic rings. The van der Waals surface area contributed by atoms with Gasteiger partial charge in [0.15, 0.2) is 0 Å². The Bertz CT molecular complexity index is 831. The Hall–Kier alpha value is -1.59. The zero-order chi connectivity index (χ0) is 15.1. The monoisotopic (exact) mass is 367 g/mol. The third-order valence-electron chi connectivity index (χ3n) is 3.50. The van der Waals surface area contributed by atoms with Gasteiger partial charge in [0.2, 0.25) is 5.95 Å². The molecule has 0 aliphatic carbocycles. The number of rotatable bonds is 2. The van der Waals surface area contributed by atoms with Gasteiger partial charge in [0.05, 0.1) is 21.5 Å². The number of anilines is 1. The molecule has 1 heterocycles. The predicted octanol–water partition coefficient (Wildman–Crippen LogP) is 4.78. The molecule has 2 aromatic carbocycles. The Morgan fingerprint density at radius 1 is 1.33 bits per heavy atom. The number of benzene rings is 2. The number of imidazole rings is 1. The van der Waals surface area contributed by atoms with Crippen LogP contribution in [0.3, 0.4) is 0 Å². The average molecular weight is 369 g/mol. The number of fused-ring (bicyclic) bond motifs is 1. The van der Waals surface area contributed by atoms with Gasteiger partial charge in [-0.25, -0.2) is 9.37 Å². The molecule has 0 saturated carbocycles. The lowest BCUT2D eigenvalue weighted by Crippen LogP contribution is -2.10. The molecule has 6 heteroatoms. The van der Waals surface area contributed by atoms with E-state index in [0.717, 1.165) is 5.56 Å². The van der Waals surface area contributed by atoms with E-state index in [1.807, 2.05) is 31.2 Å². The van der Waals surface area contributed by atoms with E-state index in [0.29, 0.717) is 26.5 Å². The van der Waals surface area contributed by atoms with Crippen molar-refractivity contribution in [2.75, 3.05) is 5.73 Å². The summed E-state index contributed by atoms with van der Waals surface area (Å²) in [6.45, 7) is 1.96. The van der Waals surface area contributed by atoms with E-state index in [4.69, 9.17) is 17.3 Å². The number of nitrogen functional groups attached to an aromatic ring is 1. The van der Waals surface area contributed by atoms with E-state index in [9.17, 15) is 4.39 Å². The molecule has 2 N–H and O–H groups in total. The van der Waals surface area contributed by atoms with Gasteiger partial charge < -0.3 is 10.3 Å². The van der Waals surface area contributed by atoms with Crippen molar-refractivity contribution in [3.63, 3.8) is 0 Å². The Morgan fingerprint density at radius 2 is 2.05 bits per heavy atom. The first kappa shape index (κ1) is 14.4. The van der Waals surface area contributed by atoms with Crippen molar-refractivity contribution in [2.24, 2.45) is 0 Å². The van der Waals surface area contributed by atoms with Crippen molar-refractivity contribution in [1.82, 2.24) is 9.55 Å². The highest BCUT2D eigenvalue weighted by Gasteiger charge is 2.18. The van der Waals surface area contributed by atoms with Crippen molar-refractivity contribution in [1.29, 1.82) is 0 Å². The second kappa shape index (κ2) is 5.31. The predicted molar refractivity (Wildman–Crippen MR) is 87.1 cm³/mol. The summed E-state index contributed by atoms with van der Waals surface area (Å²) in [5.74, 6) is -0.0232. The second-order valence-corrected chi connectivity index (χ2v) is 6.05. The summed E-state index contributed by atoms with van der Waals surface area (Å²) in [6, 6.07) is 10.4. The molecule has 1 aromatic heterocycles. The maximum Gasteiger partial charge on any atom is 0.201 e. The van der Waals surface area contributed by atoms with Gasteiger partial charge in [-0.2, -0.15) is 0 Å². The molecule has 0 saturated heterocycles. The first-order valence-electron chi connectivity index (χ1n) is 6.36. The fourth-order valence-electron chi connectivity index (χ4n) is 2.47. The molecular formula is C15H12BrClFN3. The minimum absolute atomic E-state index is 0.149. The molecule has 0 aliphatic heterocycles. The third kappa shape index (κ3) is 2.40. The van der Waals surface area contributed by atoms with Gasteiger partial charge in [-0.05, 0) is 40.5 Å². The number of halogens is 3. The molecule has 0 aliphatic rings. The summed E-state index contributed by atoms with van der Waals surface area (Å²) < 4.78 is 16.0. The van der Waals surface area contributed by atoms with Crippen molar-refractivity contribution in [2.45, 2.75) is 13.0 Å². The third-order valence-corrected chi connectivity index (χ3v) is 4.45. The highest BCUT2D eigenvalue weighted by atomic mass is 79.9. The number of hydrogen-bond donors (Lipinski definition) is 1. The summed E-state index contributed by atoms with van der Waals surface area (Å²) in [4.78, 5) is 4.29. The van der Waals surface area contributed by atoms with E-state index < -0.39 is 0 Å². The van der Waals surface area contributed by atoms with Crippen molar-refractivity contribution >= 4 is 44.5 Å². The van der Waals surface area contributed by atoms with Crippen LogP contribution < -0.4 is 5.73 Å². The van der Waals surface area contributed by atoms with Gasteiger partial charge in [-0.15, -0.1) is 0 Å². The Kier molecular flexibility index (Phi) is 3.63. The van der Waals surface area contributed by atoms with Crippen LogP contribution in [-0.2, 0) is 0 Å². The molecule has 1 atom stereocenters. The van der Waals surface area contributed by atoms with Crippen LogP contribution >= 0.6 is 27.5 Å². The molecule has 21 heavy (non-hydrogen) atoms. The van der Waals surface area contributed by atoms with E-state index >= 15 is 0 Å². The number of nitrogens with two attached hydrogens (primary N) is 1. The molecule has 3 nitrogen and oxygen atoms in total. The quantitative estimate of drug-likeness (QED) is 0.707. The van der Waals surface area contributed by atoms with Gasteiger partial charge in [0.1, 0.15) is 5.82 Å². The minimum Gasteiger partial charge on any atom is -0.369 e. The van der Waals surface area contributed by atoms with Crippen LogP contribution in [0.4, 0.5) is 10.3 Å². The van der Waals surface area contributed by atoms with Crippen LogP contribution in [0.25, 0.3) is 11.0 Å². The van der Waals surface area contributed by atoms with Crippen molar-refractivity contribution in [3.8, 4) is 0 Å². The van der Waals surface area contributed by atoms with Gasteiger partial charge in [0, 0.05) is 11.1 Å². The first-order valence-corrected chi connectivity index (χ1v) is 7.53. The first-order chi connectivity index (χ1) is 9.99. The Morgan fingerprint density at radius 3 is 2.76 bits per heavy atom. The minimum atomic E-state index is -0.352. The lowest BCUT2D eigenvalue weighted by atomic mass is 10.1. The number of aromatic nitrogens is 2. The van der Waals surface area contributed by atoms with Crippen LogP contribution in [0.5, 0.6) is 0 Å². The van der Waals surface area contributed by atoms with E-state index in [1.165, 1.54) is 6.07 Å². The van der Waals surface area contributed by atoms with Gasteiger partial charge in [0.25, 0.3) is 0 Å². The number of nitrogens with zero attached hydrogens (tertiary/aromatic N) is 2. The van der Waals surface area contributed by atoms with Crippen LogP contribution in [-0.4, -0.2) is 9.55 Å². The normalized spacial score (nSPS) is 12.8. The lowest BCUT2D eigenvalue weighted by molar-refractivity contribution is 0.619. The molecule has 1 unspecified atom stereocenters. The summed E-state index contributed by atoms with van der Waals surface area (Å²) in [5, 5.41) is 0.642. The summed E-state index contributed by atoms with van der Waals surface area (Å²) in [7, 11) is 0. The zero-order valence-corrected chi connectivity index (χ0v) is 13.5. The van der Waals surface area contributed by atoms with Crippen LogP contribution in [0.2, 0.25) is 5.02 Å². The molecule has 0 spiro atoms. The lowest BCUT2D eigenvalue weighted by Gasteiger charge is -2.17. The second-order valence-electron chi connectivity index (χ2n) is 4.79. The smallest absolute Gasteiger partial charge is 0.201 e. The Labute approximate surface area is 134 Å². The highest BCUT2D eigenvalue weighted by Crippen LogP contribution is 2.32. The maximum atomic E-state index is 13.8. The average Bonchev–Trinajstić information content (AvgIpc) is 2.74. The topological polar surface area (TPSA) is 43.8 Å². The van der Waals surface area contributed by atoms with Crippen LogP contribution in [0.15, 0.2) is 40.9 Å². The van der Waals surface area contributed by atoms with E-state index in [-0.39, 0.29) is 11.9 Å². The highest BCUT2D eigenvalue weighted by molar-refractivity contribution is 9.10. The fourth-order valence-corrected chi connectivity index (χ4v) is 3.09. The van der Waals surface area contributed by atoms with E-state index in [2.05, 4.69) is 20.9 Å². The molecule has 0 bridgehead atoms. The van der Waals surface area contributed by atoms with Crippen molar-refractivity contribution in [3.05, 3.63) is 57.3 Å². The zero-order valence-electron chi connectivity index (χ0n) is 11.1. The Balaban J connectivity index is 2.22. The molecule has 3 rings (SSSR count).